The standard InChI is InChI=1S/C11H20N4/c1-8-13-10(12)11(14-8)15-9-6-4-2-3-5-7-9/h9,15H,2-7,12H2,1H3,(H,13,14). The van der Waals surface area contributed by atoms with Crippen molar-refractivity contribution in [3.8, 4) is 0 Å². The number of aryl methyl sites for hydroxylation is 1. The number of nitrogens with two attached hydrogens (primary N) is 1. The zero-order chi connectivity index (χ0) is 10.7. The van der Waals surface area contributed by atoms with E-state index >= 15 is 0 Å². The van der Waals surface area contributed by atoms with Crippen LogP contribution in [0.3, 0.4) is 0 Å². The number of hydrogen-bond donors (Lipinski definition) is 3. The van der Waals surface area contributed by atoms with Gasteiger partial charge in [-0.1, -0.05) is 25.7 Å². The molecule has 0 aromatic carbocycles. The van der Waals surface area contributed by atoms with Gasteiger partial charge in [-0.05, 0) is 19.8 Å². The van der Waals surface area contributed by atoms with Crippen molar-refractivity contribution in [1.82, 2.24) is 9.97 Å². The first kappa shape index (κ1) is 10.3. The van der Waals surface area contributed by atoms with Crippen molar-refractivity contribution >= 4 is 11.6 Å². The van der Waals surface area contributed by atoms with Gasteiger partial charge in [0.1, 0.15) is 11.6 Å². The molecule has 1 saturated carbocycles. The van der Waals surface area contributed by atoms with Crippen LogP contribution in [0, 0.1) is 6.92 Å². The maximum atomic E-state index is 5.82. The molecule has 0 saturated heterocycles. The molecule has 15 heavy (non-hydrogen) atoms. The van der Waals surface area contributed by atoms with Crippen LogP contribution >= 0.6 is 0 Å². The van der Waals surface area contributed by atoms with Crippen LogP contribution in [0.25, 0.3) is 0 Å². The Morgan fingerprint density at radius 1 is 1.27 bits per heavy atom. The predicted octanol–water partition coefficient (Wildman–Crippen LogP) is 2.44. The molecule has 4 nitrogen and oxygen atoms in total. The van der Waals surface area contributed by atoms with Crippen LogP contribution in [0.4, 0.5) is 11.6 Å². The third-order valence-corrected chi connectivity index (χ3v) is 3.05. The van der Waals surface area contributed by atoms with Crippen molar-refractivity contribution in [3.05, 3.63) is 5.82 Å². The summed E-state index contributed by atoms with van der Waals surface area (Å²) in [5, 5.41) is 3.44. The Balaban J connectivity index is 1.97. The van der Waals surface area contributed by atoms with Gasteiger partial charge in [0.2, 0.25) is 0 Å². The van der Waals surface area contributed by atoms with E-state index in [1.165, 1.54) is 38.5 Å². The van der Waals surface area contributed by atoms with Crippen LogP contribution in [0.2, 0.25) is 0 Å². The number of imidazole rings is 1. The highest BCUT2D eigenvalue weighted by Crippen LogP contribution is 2.22. The van der Waals surface area contributed by atoms with Gasteiger partial charge >= 0.3 is 0 Å². The lowest BCUT2D eigenvalue weighted by molar-refractivity contribution is 0.618. The SMILES string of the molecule is Cc1nc(NC2CCCCCC2)c(N)[nH]1. The number of hydrogen-bond acceptors (Lipinski definition) is 3. The highest BCUT2D eigenvalue weighted by Gasteiger charge is 2.14. The second-order valence-corrected chi connectivity index (χ2v) is 4.42. The molecule has 4 N–H and O–H groups in total. The maximum Gasteiger partial charge on any atom is 0.168 e. The van der Waals surface area contributed by atoms with Crippen molar-refractivity contribution in [2.75, 3.05) is 11.1 Å². The molecule has 1 aromatic rings. The summed E-state index contributed by atoms with van der Waals surface area (Å²) in [6.45, 7) is 1.93. The minimum atomic E-state index is 0.553. The summed E-state index contributed by atoms with van der Waals surface area (Å²) in [7, 11) is 0. The highest BCUT2D eigenvalue weighted by atomic mass is 15.1. The predicted molar refractivity (Wildman–Crippen MR) is 62.8 cm³/mol. The fourth-order valence-electron chi connectivity index (χ4n) is 2.24. The van der Waals surface area contributed by atoms with Crippen LogP contribution in [0.5, 0.6) is 0 Å². The Kier molecular flexibility index (Phi) is 3.14. The molecule has 1 aliphatic rings. The van der Waals surface area contributed by atoms with Crippen LogP contribution < -0.4 is 11.1 Å². The first-order valence-electron chi connectivity index (χ1n) is 5.84. The fraction of sp³-hybridized carbons (Fsp3) is 0.727. The van der Waals surface area contributed by atoms with E-state index < -0.39 is 0 Å². The van der Waals surface area contributed by atoms with E-state index in [0.29, 0.717) is 11.9 Å². The number of H-pyrrole nitrogens is 1. The zero-order valence-electron chi connectivity index (χ0n) is 9.34. The molecule has 0 bridgehead atoms. The summed E-state index contributed by atoms with van der Waals surface area (Å²) in [5.74, 6) is 2.37. The average Bonchev–Trinajstić information content (AvgIpc) is 2.44. The Hall–Kier alpha value is -1.19. The van der Waals surface area contributed by atoms with Crippen LogP contribution in [0.15, 0.2) is 0 Å². The average molecular weight is 208 g/mol. The number of nitrogen functional groups attached to an aromatic ring is 1. The Morgan fingerprint density at radius 2 is 1.93 bits per heavy atom. The van der Waals surface area contributed by atoms with E-state index in [1.807, 2.05) is 6.92 Å². The van der Waals surface area contributed by atoms with Crippen molar-refractivity contribution in [2.45, 2.75) is 51.5 Å². The molecule has 0 radical (unpaired) electrons. The quantitative estimate of drug-likeness (QED) is 0.654. The zero-order valence-corrected chi connectivity index (χ0v) is 9.34. The molecule has 1 fully saturated rings. The van der Waals surface area contributed by atoms with Crippen LogP contribution in [-0.2, 0) is 0 Å². The summed E-state index contributed by atoms with van der Waals surface area (Å²) in [5.41, 5.74) is 5.82. The van der Waals surface area contributed by atoms with Crippen molar-refractivity contribution in [3.63, 3.8) is 0 Å². The number of anilines is 2. The smallest absolute Gasteiger partial charge is 0.168 e. The Labute approximate surface area is 90.7 Å². The largest absolute Gasteiger partial charge is 0.382 e. The molecule has 1 heterocycles. The van der Waals surface area contributed by atoms with E-state index in [2.05, 4.69) is 15.3 Å². The van der Waals surface area contributed by atoms with E-state index in [4.69, 9.17) is 5.73 Å². The molecule has 84 valence electrons. The minimum Gasteiger partial charge on any atom is -0.382 e. The molecule has 2 rings (SSSR count). The molecule has 4 heteroatoms. The maximum absolute atomic E-state index is 5.82. The van der Waals surface area contributed by atoms with Gasteiger partial charge < -0.3 is 16.0 Å². The lowest BCUT2D eigenvalue weighted by Crippen LogP contribution is -2.19. The van der Waals surface area contributed by atoms with Crippen molar-refractivity contribution in [2.24, 2.45) is 0 Å². The molecule has 0 unspecified atom stereocenters. The lowest BCUT2D eigenvalue weighted by Gasteiger charge is -2.15. The van der Waals surface area contributed by atoms with Crippen molar-refractivity contribution in [1.29, 1.82) is 0 Å². The van der Waals surface area contributed by atoms with Gasteiger partial charge in [0, 0.05) is 6.04 Å². The van der Waals surface area contributed by atoms with Gasteiger partial charge in [-0.25, -0.2) is 4.98 Å². The van der Waals surface area contributed by atoms with E-state index in [1.54, 1.807) is 0 Å². The lowest BCUT2D eigenvalue weighted by atomic mass is 10.1. The summed E-state index contributed by atoms with van der Waals surface area (Å²) >= 11 is 0. The van der Waals surface area contributed by atoms with Gasteiger partial charge in [-0.15, -0.1) is 0 Å². The van der Waals surface area contributed by atoms with Crippen LogP contribution in [0.1, 0.15) is 44.3 Å². The summed E-state index contributed by atoms with van der Waals surface area (Å²) in [4.78, 5) is 7.36. The number of rotatable bonds is 2. The first-order valence-corrected chi connectivity index (χ1v) is 5.84. The van der Waals surface area contributed by atoms with E-state index in [9.17, 15) is 0 Å². The van der Waals surface area contributed by atoms with Gasteiger partial charge in [-0.2, -0.15) is 0 Å². The third-order valence-electron chi connectivity index (χ3n) is 3.05. The summed E-state index contributed by atoms with van der Waals surface area (Å²) in [6, 6.07) is 0.553. The minimum absolute atomic E-state index is 0.553. The second kappa shape index (κ2) is 4.55. The van der Waals surface area contributed by atoms with E-state index in [0.717, 1.165) is 11.6 Å². The first-order chi connectivity index (χ1) is 7.25. The third kappa shape index (κ3) is 2.64. The topological polar surface area (TPSA) is 66.7 Å². The highest BCUT2D eigenvalue weighted by molar-refractivity contribution is 5.57. The van der Waals surface area contributed by atoms with Gasteiger partial charge in [0.05, 0.1) is 0 Å². The second-order valence-electron chi connectivity index (χ2n) is 4.42. The monoisotopic (exact) mass is 208 g/mol. The van der Waals surface area contributed by atoms with Crippen molar-refractivity contribution < 1.29 is 0 Å². The summed E-state index contributed by atoms with van der Waals surface area (Å²) in [6.07, 6.45) is 7.86. The number of aromatic nitrogens is 2. The fourth-order valence-corrected chi connectivity index (χ4v) is 2.24. The van der Waals surface area contributed by atoms with E-state index in [-0.39, 0.29) is 0 Å². The molecule has 0 aliphatic heterocycles. The molecule has 0 spiro atoms. The molecular formula is C11H20N4. The van der Waals surface area contributed by atoms with Gasteiger partial charge in [0.25, 0.3) is 0 Å². The summed E-state index contributed by atoms with van der Waals surface area (Å²) < 4.78 is 0. The normalized spacial score (nSPS) is 18.7. The van der Waals surface area contributed by atoms with Gasteiger partial charge in [-0.3, -0.25) is 0 Å². The number of nitrogens with zero attached hydrogens (tertiary/aromatic N) is 1. The number of aromatic amines is 1. The number of nitrogens with one attached hydrogen (secondary N) is 2. The molecule has 0 atom stereocenters. The molecular weight excluding hydrogens is 188 g/mol. The molecule has 1 aliphatic carbocycles. The Bertz CT molecular complexity index is 310. The Morgan fingerprint density at radius 3 is 2.47 bits per heavy atom. The molecule has 1 aromatic heterocycles. The molecule has 0 amide bonds. The van der Waals surface area contributed by atoms with Gasteiger partial charge in [0.15, 0.2) is 5.82 Å². The van der Waals surface area contributed by atoms with Crippen LogP contribution in [-0.4, -0.2) is 16.0 Å².